The minimum atomic E-state index is -0.432. The number of benzene rings is 1. The lowest BCUT2D eigenvalue weighted by atomic mass is 10.0. The van der Waals surface area contributed by atoms with Crippen molar-refractivity contribution in [2.45, 2.75) is 13.0 Å². The maximum absolute atomic E-state index is 11.1. The Labute approximate surface area is 93.5 Å². The zero-order valence-corrected chi connectivity index (χ0v) is 8.72. The lowest BCUT2D eigenvalue weighted by Gasteiger charge is -2.04. The molecule has 3 heteroatoms. The number of allylic oxidation sites excluding steroid dienone is 2. The smallest absolute Gasteiger partial charge is 0.221 e. The number of hydrogen-bond acceptors (Lipinski definition) is 3. The fourth-order valence-electron chi connectivity index (χ4n) is 1.46. The standard InChI is InChI=1S/C13H11NO2/c15-12-7-6-11(8-13(12)16)14-9-10-4-2-1-3-5-10/h1-7H,8-9H2. The third-order valence-corrected chi connectivity index (χ3v) is 2.35. The molecule has 0 radical (unpaired) electrons. The molecule has 80 valence electrons. The van der Waals surface area contributed by atoms with Crippen LogP contribution >= 0.6 is 0 Å². The van der Waals surface area contributed by atoms with Gasteiger partial charge in [0, 0.05) is 5.71 Å². The van der Waals surface area contributed by atoms with Crippen molar-refractivity contribution in [2.75, 3.05) is 0 Å². The molecule has 0 aliphatic heterocycles. The second kappa shape index (κ2) is 4.66. The molecule has 0 bridgehead atoms. The summed E-state index contributed by atoms with van der Waals surface area (Å²) in [7, 11) is 0. The summed E-state index contributed by atoms with van der Waals surface area (Å²) in [6.45, 7) is 0.544. The van der Waals surface area contributed by atoms with Crippen LogP contribution in [0.25, 0.3) is 0 Å². The Morgan fingerprint density at radius 1 is 1.06 bits per heavy atom. The summed E-state index contributed by atoms with van der Waals surface area (Å²) in [6.07, 6.45) is 3.03. The van der Waals surface area contributed by atoms with Crippen LogP contribution in [0.15, 0.2) is 47.5 Å². The average molecular weight is 213 g/mol. The maximum Gasteiger partial charge on any atom is 0.221 e. The molecule has 1 aliphatic carbocycles. The highest BCUT2D eigenvalue weighted by atomic mass is 16.2. The van der Waals surface area contributed by atoms with E-state index < -0.39 is 5.78 Å². The van der Waals surface area contributed by atoms with Crippen molar-refractivity contribution >= 4 is 17.3 Å². The molecular weight excluding hydrogens is 202 g/mol. The first-order chi connectivity index (χ1) is 7.75. The number of ketones is 2. The second-order valence-corrected chi connectivity index (χ2v) is 3.59. The number of nitrogens with zero attached hydrogens (tertiary/aromatic N) is 1. The fraction of sp³-hybridized carbons (Fsp3) is 0.154. The number of carbonyl (C=O) groups is 2. The van der Waals surface area contributed by atoms with E-state index in [2.05, 4.69) is 4.99 Å². The van der Waals surface area contributed by atoms with Gasteiger partial charge in [-0.15, -0.1) is 0 Å². The molecule has 16 heavy (non-hydrogen) atoms. The van der Waals surface area contributed by atoms with Gasteiger partial charge in [0.25, 0.3) is 0 Å². The van der Waals surface area contributed by atoms with Crippen LogP contribution in [0, 0.1) is 0 Å². The van der Waals surface area contributed by atoms with Crippen LogP contribution in [-0.2, 0) is 16.1 Å². The molecule has 1 aromatic carbocycles. The highest BCUT2D eigenvalue weighted by Crippen LogP contribution is 2.05. The van der Waals surface area contributed by atoms with Crippen molar-refractivity contribution in [3.05, 3.63) is 48.0 Å². The van der Waals surface area contributed by atoms with E-state index in [9.17, 15) is 9.59 Å². The summed E-state index contributed by atoms with van der Waals surface area (Å²) < 4.78 is 0. The molecule has 0 saturated carbocycles. The number of rotatable bonds is 2. The maximum atomic E-state index is 11.1. The normalized spacial score (nSPS) is 18.1. The van der Waals surface area contributed by atoms with E-state index in [0.29, 0.717) is 12.3 Å². The number of carbonyl (C=O) groups excluding carboxylic acids is 2. The molecule has 2 rings (SSSR count). The van der Waals surface area contributed by atoms with E-state index in [0.717, 1.165) is 5.56 Å². The van der Waals surface area contributed by atoms with Crippen molar-refractivity contribution in [3.63, 3.8) is 0 Å². The molecule has 1 aromatic rings. The molecule has 0 atom stereocenters. The van der Waals surface area contributed by atoms with Gasteiger partial charge in [0.2, 0.25) is 11.6 Å². The monoisotopic (exact) mass is 213 g/mol. The number of hydrogen-bond donors (Lipinski definition) is 0. The van der Waals surface area contributed by atoms with Gasteiger partial charge in [0.05, 0.1) is 13.0 Å². The van der Waals surface area contributed by atoms with Crippen molar-refractivity contribution in [2.24, 2.45) is 4.99 Å². The van der Waals surface area contributed by atoms with E-state index >= 15 is 0 Å². The Hall–Kier alpha value is -2.03. The summed E-state index contributed by atoms with van der Waals surface area (Å²) in [5.41, 5.74) is 1.77. The molecule has 0 amide bonds. The van der Waals surface area contributed by atoms with Gasteiger partial charge >= 0.3 is 0 Å². The predicted molar refractivity (Wildman–Crippen MR) is 61.4 cm³/mol. The Kier molecular flexibility index (Phi) is 3.05. The zero-order valence-electron chi connectivity index (χ0n) is 8.72. The Balaban J connectivity index is 2.07. The van der Waals surface area contributed by atoms with E-state index in [-0.39, 0.29) is 12.2 Å². The minimum Gasteiger partial charge on any atom is -0.290 e. The summed E-state index contributed by atoms with van der Waals surface area (Å²) >= 11 is 0. The van der Waals surface area contributed by atoms with Gasteiger partial charge in [-0.25, -0.2) is 0 Å². The second-order valence-electron chi connectivity index (χ2n) is 3.59. The molecule has 0 N–H and O–H groups in total. The molecule has 0 fully saturated rings. The topological polar surface area (TPSA) is 46.5 Å². The van der Waals surface area contributed by atoms with E-state index in [1.54, 1.807) is 6.08 Å². The summed E-state index contributed by atoms with van der Waals surface area (Å²) in [5.74, 6) is -0.812. The molecule has 0 heterocycles. The van der Waals surface area contributed by atoms with Crippen LogP contribution in [0.4, 0.5) is 0 Å². The first kappa shape index (κ1) is 10.5. The van der Waals surface area contributed by atoms with E-state index in [1.807, 2.05) is 30.3 Å². The van der Waals surface area contributed by atoms with Gasteiger partial charge in [-0.2, -0.15) is 0 Å². The van der Waals surface area contributed by atoms with E-state index in [4.69, 9.17) is 0 Å². The predicted octanol–water partition coefficient (Wildman–Crippen LogP) is 1.73. The first-order valence-electron chi connectivity index (χ1n) is 5.08. The molecule has 1 aliphatic rings. The van der Waals surface area contributed by atoms with Crippen LogP contribution in [0.3, 0.4) is 0 Å². The van der Waals surface area contributed by atoms with Crippen LogP contribution in [-0.4, -0.2) is 17.3 Å². The van der Waals surface area contributed by atoms with E-state index in [1.165, 1.54) is 6.08 Å². The highest BCUT2D eigenvalue weighted by Gasteiger charge is 2.17. The van der Waals surface area contributed by atoms with Gasteiger partial charge in [0.15, 0.2) is 0 Å². The molecule has 0 spiro atoms. The van der Waals surface area contributed by atoms with Crippen LogP contribution < -0.4 is 0 Å². The zero-order chi connectivity index (χ0) is 11.4. The van der Waals surface area contributed by atoms with Gasteiger partial charge in [-0.1, -0.05) is 30.3 Å². The van der Waals surface area contributed by atoms with Crippen molar-refractivity contribution in [1.82, 2.24) is 0 Å². The number of aliphatic imine (C=N–C) groups is 1. The summed E-state index contributed by atoms with van der Waals surface area (Å²) in [5, 5.41) is 0. The SMILES string of the molecule is O=C1C=CC(=NCc2ccccc2)CC1=O. The first-order valence-corrected chi connectivity index (χ1v) is 5.08. The van der Waals surface area contributed by atoms with Gasteiger partial charge in [-0.3, -0.25) is 14.6 Å². The third-order valence-electron chi connectivity index (χ3n) is 2.35. The molecule has 3 nitrogen and oxygen atoms in total. The quantitative estimate of drug-likeness (QED) is 0.702. The van der Waals surface area contributed by atoms with Crippen molar-refractivity contribution in [3.8, 4) is 0 Å². The van der Waals surface area contributed by atoms with Crippen LogP contribution in [0.5, 0.6) is 0 Å². The van der Waals surface area contributed by atoms with Crippen LogP contribution in [0.2, 0.25) is 0 Å². The van der Waals surface area contributed by atoms with Gasteiger partial charge in [-0.05, 0) is 17.7 Å². The lowest BCUT2D eigenvalue weighted by Crippen LogP contribution is -2.19. The minimum absolute atomic E-state index is 0.127. The largest absolute Gasteiger partial charge is 0.290 e. The Morgan fingerprint density at radius 2 is 1.81 bits per heavy atom. The van der Waals surface area contributed by atoms with Gasteiger partial charge < -0.3 is 0 Å². The third kappa shape index (κ3) is 2.51. The Bertz CT molecular complexity index is 472. The molecule has 0 unspecified atom stereocenters. The summed E-state index contributed by atoms with van der Waals surface area (Å²) in [6, 6.07) is 9.79. The average Bonchev–Trinajstić information content (AvgIpc) is 2.32. The van der Waals surface area contributed by atoms with Gasteiger partial charge in [0.1, 0.15) is 0 Å². The lowest BCUT2D eigenvalue weighted by molar-refractivity contribution is -0.133. The summed E-state index contributed by atoms with van der Waals surface area (Å²) in [4.78, 5) is 26.4. The Morgan fingerprint density at radius 3 is 2.50 bits per heavy atom. The highest BCUT2D eigenvalue weighted by molar-refractivity contribution is 6.47. The van der Waals surface area contributed by atoms with Crippen molar-refractivity contribution in [1.29, 1.82) is 0 Å². The fourth-order valence-corrected chi connectivity index (χ4v) is 1.46. The van der Waals surface area contributed by atoms with Crippen molar-refractivity contribution < 1.29 is 9.59 Å². The molecule has 0 saturated heterocycles. The molecule has 0 aromatic heterocycles. The number of Topliss-reactive ketones (excluding diaryl/α,β-unsaturated/α-hetero) is 1. The van der Waals surface area contributed by atoms with Crippen LogP contribution in [0.1, 0.15) is 12.0 Å². The molecular formula is C13H11NO2.